The summed E-state index contributed by atoms with van der Waals surface area (Å²) in [6.45, 7) is 2.03. The summed E-state index contributed by atoms with van der Waals surface area (Å²) in [5.41, 5.74) is 3.61. The molecule has 0 bridgehead atoms. The zero-order chi connectivity index (χ0) is 20.3. The van der Waals surface area contributed by atoms with E-state index < -0.39 is 0 Å². The highest BCUT2D eigenvalue weighted by atomic mass is 32.1. The summed E-state index contributed by atoms with van der Waals surface area (Å²) in [6, 6.07) is 13.3. The van der Waals surface area contributed by atoms with Crippen molar-refractivity contribution in [2.75, 3.05) is 25.1 Å². The van der Waals surface area contributed by atoms with Gasteiger partial charge in [0.25, 0.3) is 5.91 Å². The predicted octanol–water partition coefficient (Wildman–Crippen LogP) is 4.56. The Morgan fingerprint density at radius 1 is 1.23 bits per heavy atom. The number of carbonyl (C=O) groups excluding carboxylic acids is 1. The molecule has 2 aliphatic rings. The molecule has 0 saturated carbocycles. The first-order valence-corrected chi connectivity index (χ1v) is 11.0. The molecule has 2 aliphatic heterocycles. The highest BCUT2D eigenvalue weighted by molar-refractivity contribution is 7.14. The second-order valence-electron chi connectivity index (χ2n) is 7.39. The first-order valence-electron chi connectivity index (χ1n) is 10.1. The molecule has 2 aromatic carbocycles. The van der Waals surface area contributed by atoms with Gasteiger partial charge in [-0.15, -0.1) is 11.3 Å². The lowest BCUT2D eigenvalue weighted by atomic mass is 10.1. The van der Waals surface area contributed by atoms with Crippen molar-refractivity contribution in [3.05, 3.63) is 59.0 Å². The Balaban J connectivity index is 1.24. The second-order valence-corrected chi connectivity index (χ2v) is 8.24. The fraction of sp³-hybridized carbons (Fsp3) is 0.304. The predicted molar refractivity (Wildman–Crippen MR) is 116 cm³/mol. The first-order chi connectivity index (χ1) is 14.7. The van der Waals surface area contributed by atoms with Crippen LogP contribution in [0.25, 0.3) is 11.3 Å². The largest absolute Gasteiger partial charge is 0.493 e. The molecule has 1 amide bonds. The molecular formula is C23H22N2O4S. The molecule has 1 aromatic heterocycles. The third-order valence-corrected chi connectivity index (χ3v) is 6.02. The number of carbonyl (C=O) groups is 1. The van der Waals surface area contributed by atoms with Gasteiger partial charge in [0, 0.05) is 29.5 Å². The number of aromatic nitrogens is 1. The highest BCUT2D eigenvalue weighted by Gasteiger charge is 2.17. The quantitative estimate of drug-likeness (QED) is 0.631. The monoisotopic (exact) mass is 422 g/mol. The summed E-state index contributed by atoms with van der Waals surface area (Å²) in [5, 5.41) is 5.41. The lowest BCUT2D eigenvalue weighted by Crippen LogP contribution is -2.16. The van der Waals surface area contributed by atoms with Crippen molar-refractivity contribution in [1.29, 1.82) is 0 Å². The van der Waals surface area contributed by atoms with Crippen LogP contribution in [0.15, 0.2) is 47.8 Å². The molecule has 3 aromatic rings. The smallest absolute Gasteiger partial charge is 0.257 e. The van der Waals surface area contributed by atoms with Gasteiger partial charge in [0.2, 0.25) is 0 Å². The number of amides is 1. The van der Waals surface area contributed by atoms with Crippen LogP contribution in [-0.4, -0.2) is 36.8 Å². The summed E-state index contributed by atoms with van der Waals surface area (Å²) < 4.78 is 16.9. The van der Waals surface area contributed by atoms with Crippen LogP contribution in [0.1, 0.15) is 28.8 Å². The van der Waals surface area contributed by atoms with E-state index in [-0.39, 0.29) is 12.0 Å². The molecule has 1 saturated heterocycles. The Morgan fingerprint density at radius 2 is 2.20 bits per heavy atom. The number of hydrogen-bond acceptors (Lipinski definition) is 6. The maximum Gasteiger partial charge on any atom is 0.257 e. The summed E-state index contributed by atoms with van der Waals surface area (Å²) in [5.74, 6) is 1.41. The van der Waals surface area contributed by atoms with Crippen LogP contribution >= 0.6 is 11.3 Å². The maximum absolute atomic E-state index is 12.7. The molecule has 1 unspecified atom stereocenters. The van der Waals surface area contributed by atoms with Crippen molar-refractivity contribution in [3.8, 4) is 22.8 Å². The number of anilines is 1. The number of rotatable bonds is 6. The summed E-state index contributed by atoms with van der Waals surface area (Å²) in [7, 11) is 0. The van der Waals surface area contributed by atoms with E-state index in [1.807, 2.05) is 29.6 Å². The van der Waals surface area contributed by atoms with Crippen molar-refractivity contribution >= 4 is 22.4 Å². The SMILES string of the molecule is O=C(Nc1nc(-c2ccc3c(c2)CCO3)cs1)c1cccc(OCC2CCCO2)c1. The lowest BCUT2D eigenvalue weighted by Gasteiger charge is -2.12. The Morgan fingerprint density at radius 3 is 3.10 bits per heavy atom. The summed E-state index contributed by atoms with van der Waals surface area (Å²) in [6.07, 6.45) is 3.15. The molecule has 1 fully saturated rings. The van der Waals surface area contributed by atoms with Crippen LogP contribution in [0.2, 0.25) is 0 Å². The van der Waals surface area contributed by atoms with Crippen LogP contribution in [0.4, 0.5) is 5.13 Å². The second kappa shape index (κ2) is 8.45. The number of nitrogens with zero attached hydrogens (tertiary/aromatic N) is 1. The molecule has 0 spiro atoms. The van der Waals surface area contributed by atoms with Gasteiger partial charge in [0.1, 0.15) is 18.1 Å². The van der Waals surface area contributed by atoms with Crippen LogP contribution in [0.5, 0.6) is 11.5 Å². The fourth-order valence-corrected chi connectivity index (χ4v) is 4.39. The average molecular weight is 423 g/mol. The molecule has 3 heterocycles. The van der Waals surface area contributed by atoms with Gasteiger partial charge >= 0.3 is 0 Å². The lowest BCUT2D eigenvalue weighted by molar-refractivity contribution is 0.0679. The van der Waals surface area contributed by atoms with Gasteiger partial charge in [-0.05, 0) is 54.8 Å². The van der Waals surface area contributed by atoms with Gasteiger partial charge in [-0.3, -0.25) is 10.1 Å². The molecule has 6 nitrogen and oxygen atoms in total. The molecule has 0 aliphatic carbocycles. The third-order valence-electron chi connectivity index (χ3n) is 5.27. The maximum atomic E-state index is 12.7. The van der Waals surface area contributed by atoms with Gasteiger partial charge in [0.15, 0.2) is 5.13 Å². The molecule has 1 N–H and O–H groups in total. The Labute approximate surface area is 178 Å². The zero-order valence-electron chi connectivity index (χ0n) is 16.4. The summed E-state index contributed by atoms with van der Waals surface area (Å²) >= 11 is 1.41. The van der Waals surface area contributed by atoms with E-state index in [1.54, 1.807) is 12.1 Å². The number of ether oxygens (including phenoxy) is 3. The Kier molecular flexibility index (Phi) is 5.38. The van der Waals surface area contributed by atoms with Crippen molar-refractivity contribution < 1.29 is 19.0 Å². The van der Waals surface area contributed by atoms with Crippen LogP contribution in [0.3, 0.4) is 0 Å². The molecule has 1 atom stereocenters. The van der Waals surface area contributed by atoms with Crippen molar-refractivity contribution in [2.24, 2.45) is 0 Å². The first kappa shape index (κ1) is 19.1. The number of nitrogens with one attached hydrogen (secondary N) is 1. The van der Waals surface area contributed by atoms with E-state index in [2.05, 4.69) is 16.4 Å². The number of hydrogen-bond donors (Lipinski definition) is 1. The minimum Gasteiger partial charge on any atom is -0.493 e. The van der Waals surface area contributed by atoms with Gasteiger partial charge in [-0.25, -0.2) is 4.98 Å². The van der Waals surface area contributed by atoms with E-state index in [9.17, 15) is 4.79 Å². The van der Waals surface area contributed by atoms with Crippen LogP contribution < -0.4 is 14.8 Å². The van der Waals surface area contributed by atoms with E-state index >= 15 is 0 Å². The van der Waals surface area contributed by atoms with Gasteiger partial charge < -0.3 is 14.2 Å². The molecule has 7 heteroatoms. The van der Waals surface area contributed by atoms with Crippen molar-refractivity contribution in [1.82, 2.24) is 4.98 Å². The topological polar surface area (TPSA) is 69.7 Å². The van der Waals surface area contributed by atoms with Crippen LogP contribution in [-0.2, 0) is 11.2 Å². The van der Waals surface area contributed by atoms with Gasteiger partial charge in [0.05, 0.1) is 18.4 Å². The number of fused-ring (bicyclic) bond motifs is 1. The van der Waals surface area contributed by atoms with Gasteiger partial charge in [-0.2, -0.15) is 0 Å². The van der Waals surface area contributed by atoms with Gasteiger partial charge in [-0.1, -0.05) is 6.07 Å². The average Bonchev–Trinajstić information content (AvgIpc) is 3.53. The Hall–Kier alpha value is -2.90. The number of benzene rings is 2. The molecule has 30 heavy (non-hydrogen) atoms. The van der Waals surface area contributed by atoms with Crippen molar-refractivity contribution in [3.63, 3.8) is 0 Å². The van der Waals surface area contributed by atoms with E-state index in [1.165, 1.54) is 16.9 Å². The normalized spacial score (nSPS) is 17.4. The number of thiazole rings is 1. The third kappa shape index (κ3) is 4.17. The minimum absolute atomic E-state index is 0.141. The van der Waals surface area contributed by atoms with Crippen LogP contribution in [0, 0.1) is 0 Å². The summed E-state index contributed by atoms with van der Waals surface area (Å²) in [4.78, 5) is 17.3. The molecule has 5 rings (SSSR count). The van der Waals surface area contributed by atoms with Crippen molar-refractivity contribution in [2.45, 2.75) is 25.4 Å². The van der Waals surface area contributed by atoms with E-state index in [4.69, 9.17) is 14.2 Å². The Bertz CT molecular complexity index is 1060. The zero-order valence-corrected chi connectivity index (χ0v) is 17.2. The molecule has 154 valence electrons. The highest BCUT2D eigenvalue weighted by Crippen LogP contribution is 2.32. The molecule has 0 radical (unpaired) electrons. The minimum atomic E-state index is -0.208. The van der Waals surface area contributed by atoms with E-state index in [0.29, 0.717) is 23.1 Å². The standard InChI is InChI=1S/C23H22N2O4S/c26-22(17-3-1-4-18(12-17)29-13-19-5-2-9-27-19)25-23-24-20(14-30-23)15-6-7-21-16(11-15)8-10-28-21/h1,3-4,6-7,11-12,14,19H,2,5,8-10,13H2,(H,24,25,26). The fourth-order valence-electron chi connectivity index (χ4n) is 3.67. The van der Waals surface area contributed by atoms with E-state index in [0.717, 1.165) is 49.5 Å². The molecular weight excluding hydrogens is 400 g/mol.